The molecule has 0 aliphatic heterocycles. The van der Waals surface area contributed by atoms with Gasteiger partial charge in [0, 0.05) is 18.8 Å². The minimum absolute atomic E-state index is 0. The highest BCUT2D eigenvalue weighted by Crippen LogP contribution is 2.05. The zero-order valence-electron chi connectivity index (χ0n) is 11.5. The monoisotopic (exact) mass is 286 g/mol. The predicted octanol–water partition coefficient (Wildman–Crippen LogP) is 2.16. The topological polar surface area (TPSA) is 64.3 Å². The Hall–Kier alpha value is -1.26. The quantitative estimate of drug-likeness (QED) is 0.596. The van der Waals surface area contributed by atoms with Gasteiger partial charge in [-0.05, 0) is 38.0 Å². The maximum Gasteiger partial charge on any atom is 0.224 e. The Morgan fingerprint density at radius 3 is 2.53 bits per heavy atom. The van der Waals surface area contributed by atoms with E-state index in [0.717, 1.165) is 12.0 Å². The van der Waals surface area contributed by atoms with Crippen LogP contribution in [0.25, 0.3) is 0 Å². The third-order valence-electron chi connectivity index (χ3n) is 2.44. The summed E-state index contributed by atoms with van der Waals surface area (Å²) in [6.45, 7) is 5.33. The van der Waals surface area contributed by atoms with Gasteiger partial charge in [-0.15, -0.1) is 12.4 Å². The SMILES string of the molecule is CC(C)OCCCNC(=O)Cc1ccc(N)cc1.Cl. The van der Waals surface area contributed by atoms with Crippen LogP contribution in [0.3, 0.4) is 0 Å². The number of hydrogen-bond acceptors (Lipinski definition) is 3. The van der Waals surface area contributed by atoms with E-state index in [1.807, 2.05) is 26.0 Å². The highest BCUT2D eigenvalue weighted by Gasteiger charge is 2.02. The van der Waals surface area contributed by atoms with Gasteiger partial charge in [0.15, 0.2) is 0 Å². The lowest BCUT2D eigenvalue weighted by Gasteiger charge is -2.08. The fourth-order valence-corrected chi connectivity index (χ4v) is 1.50. The van der Waals surface area contributed by atoms with Crippen LogP contribution in [0.2, 0.25) is 0 Å². The van der Waals surface area contributed by atoms with Gasteiger partial charge in [-0.3, -0.25) is 4.79 Å². The highest BCUT2D eigenvalue weighted by atomic mass is 35.5. The van der Waals surface area contributed by atoms with Crippen LogP contribution < -0.4 is 11.1 Å². The van der Waals surface area contributed by atoms with Gasteiger partial charge in [0.2, 0.25) is 5.91 Å². The van der Waals surface area contributed by atoms with Crippen LogP contribution in [-0.4, -0.2) is 25.2 Å². The summed E-state index contributed by atoms with van der Waals surface area (Å²) in [5.74, 6) is 0.0318. The number of halogens is 1. The number of nitrogens with one attached hydrogen (secondary N) is 1. The lowest BCUT2D eigenvalue weighted by atomic mass is 10.1. The number of nitrogens with two attached hydrogens (primary N) is 1. The summed E-state index contributed by atoms with van der Waals surface area (Å²) < 4.78 is 5.39. The summed E-state index contributed by atoms with van der Waals surface area (Å²) >= 11 is 0. The fraction of sp³-hybridized carbons (Fsp3) is 0.500. The van der Waals surface area contributed by atoms with Gasteiger partial charge < -0.3 is 15.8 Å². The van der Waals surface area contributed by atoms with Crippen molar-refractivity contribution in [2.24, 2.45) is 0 Å². The average molecular weight is 287 g/mol. The van der Waals surface area contributed by atoms with Crippen LogP contribution in [0.4, 0.5) is 5.69 Å². The molecular weight excluding hydrogens is 264 g/mol. The van der Waals surface area contributed by atoms with Crippen molar-refractivity contribution in [1.82, 2.24) is 5.32 Å². The van der Waals surface area contributed by atoms with Gasteiger partial charge in [-0.25, -0.2) is 0 Å². The first-order chi connectivity index (χ1) is 8.58. The molecule has 0 bridgehead atoms. The molecule has 3 N–H and O–H groups in total. The van der Waals surface area contributed by atoms with Crippen molar-refractivity contribution in [1.29, 1.82) is 0 Å². The van der Waals surface area contributed by atoms with Crippen molar-refractivity contribution in [2.75, 3.05) is 18.9 Å². The van der Waals surface area contributed by atoms with E-state index in [0.29, 0.717) is 25.3 Å². The largest absolute Gasteiger partial charge is 0.399 e. The molecule has 4 nitrogen and oxygen atoms in total. The minimum Gasteiger partial charge on any atom is -0.399 e. The molecule has 1 rings (SSSR count). The maximum absolute atomic E-state index is 11.6. The molecule has 0 aliphatic rings. The first-order valence-corrected chi connectivity index (χ1v) is 6.30. The second-order valence-electron chi connectivity index (χ2n) is 4.54. The van der Waals surface area contributed by atoms with E-state index >= 15 is 0 Å². The van der Waals surface area contributed by atoms with E-state index in [1.165, 1.54) is 0 Å². The van der Waals surface area contributed by atoms with E-state index in [-0.39, 0.29) is 24.4 Å². The van der Waals surface area contributed by atoms with Crippen LogP contribution in [0, 0.1) is 0 Å². The van der Waals surface area contributed by atoms with Crippen molar-refractivity contribution >= 4 is 24.0 Å². The first kappa shape index (κ1) is 17.7. The number of carbonyl (C=O) groups excluding carboxylic acids is 1. The molecule has 0 aliphatic carbocycles. The van der Waals surface area contributed by atoms with Gasteiger partial charge in [0.25, 0.3) is 0 Å². The number of anilines is 1. The Morgan fingerprint density at radius 1 is 1.32 bits per heavy atom. The molecule has 0 radical (unpaired) electrons. The Bertz CT molecular complexity index is 366. The highest BCUT2D eigenvalue weighted by molar-refractivity contribution is 5.85. The van der Waals surface area contributed by atoms with Gasteiger partial charge in [0.1, 0.15) is 0 Å². The maximum atomic E-state index is 11.6. The zero-order chi connectivity index (χ0) is 13.4. The van der Waals surface area contributed by atoms with Crippen LogP contribution >= 0.6 is 12.4 Å². The predicted molar refractivity (Wildman–Crippen MR) is 80.5 cm³/mol. The van der Waals surface area contributed by atoms with Gasteiger partial charge in [-0.2, -0.15) is 0 Å². The van der Waals surface area contributed by atoms with E-state index in [4.69, 9.17) is 10.5 Å². The molecule has 1 aromatic carbocycles. The van der Waals surface area contributed by atoms with E-state index in [2.05, 4.69) is 5.32 Å². The fourth-order valence-electron chi connectivity index (χ4n) is 1.50. The molecule has 0 aromatic heterocycles. The van der Waals surface area contributed by atoms with Crippen molar-refractivity contribution in [2.45, 2.75) is 32.8 Å². The number of hydrogen-bond donors (Lipinski definition) is 2. The molecule has 0 saturated carbocycles. The van der Waals surface area contributed by atoms with Crippen molar-refractivity contribution < 1.29 is 9.53 Å². The zero-order valence-corrected chi connectivity index (χ0v) is 12.3. The number of nitrogen functional groups attached to an aromatic ring is 1. The average Bonchev–Trinajstić information content (AvgIpc) is 2.31. The van der Waals surface area contributed by atoms with E-state index < -0.39 is 0 Å². The molecule has 1 amide bonds. The van der Waals surface area contributed by atoms with Gasteiger partial charge >= 0.3 is 0 Å². The molecule has 0 spiro atoms. The summed E-state index contributed by atoms with van der Waals surface area (Å²) in [4.78, 5) is 11.6. The molecule has 0 unspecified atom stereocenters. The summed E-state index contributed by atoms with van der Waals surface area (Å²) in [5.41, 5.74) is 7.27. The molecule has 108 valence electrons. The molecular formula is C14H23ClN2O2. The van der Waals surface area contributed by atoms with Gasteiger partial charge in [-0.1, -0.05) is 12.1 Å². The standard InChI is InChI=1S/C14H22N2O2.ClH/c1-11(2)18-9-3-8-16-14(17)10-12-4-6-13(15)7-5-12;/h4-7,11H,3,8-10,15H2,1-2H3,(H,16,17);1H. The van der Waals surface area contributed by atoms with Crippen LogP contribution in [-0.2, 0) is 16.0 Å². The second kappa shape index (κ2) is 9.64. The molecule has 0 atom stereocenters. The lowest BCUT2D eigenvalue weighted by molar-refractivity contribution is -0.120. The Balaban J connectivity index is 0.00000324. The van der Waals surface area contributed by atoms with Gasteiger partial charge in [0.05, 0.1) is 12.5 Å². The molecule has 0 heterocycles. The van der Waals surface area contributed by atoms with E-state index in [1.54, 1.807) is 12.1 Å². The Labute approximate surface area is 121 Å². The van der Waals surface area contributed by atoms with Crippen LogP contribution in [0.5, 0.6) is 0 Å². The normalized spacial score (nSPS) is 10.1. The number of amides is 1. The van der Waals surface area contributed by atoms with Crippen molar-refractivity contribution in [3.05, 3.63) is 29.8 Å². The Kier molecular flexibility index (Phi) is 9.00. The molecule has 1 aromatic rings. The third-order valence-corrected chi connectivity index (χ3v) is 2.44. The molecule has 0 fully saturated rings. The minimum atomic E-state index is 0. The third kappa shape index (κ3) is 8.46. The summed E-state index contributed by atoms with van der Waals surface area (Å²) in [5, 5.41) is 2.87. The second-order valence-corrected chi connectivity index (χ2v) is 4.54. The summed E-state index contributed by atoms with van der Waals surface area (Å²) in [7, 11) is 0. The summed E-state index contributed by atoms with van der Waals surface area (Å²) in [6.07, 6.45) is 1.48. The smallest absolute Gasteiger partial charge is 0.224 e. The van der Waals surface area contributed by atoms with Crippen LogP contribution in [0.15, 0.2) is 24.3 Å². The molecule has 5 heteroatoms. The lowest BCUT2D eigenvalue weighted by Crippen LogP contribution is -2.27. The van der Waals surface area contributed by atoms with E-state index in [9.17, 15) is 4.79 Å². The van der Waals surface area contributed by atoms with Crippen LogP contribution in [0.1, 0.15) is 25.8 Å². The van der Waals surface area contributed by atoms with Crippen molar-refractivity contribution in [3.8, 4) is 0 Å². The first-order valence-electron chi connectivity index (χ1n) is 6.30. The number of rotatable bonds is 7. The molecule has 19 heavy (non-hydrogen) atoms. The molecule has 0 saturated heterocycles. The van der Waals surface area contributed by atoms with Crippen molar-refractivity contribution in [3.63, 3.8) is 0 Å². The number of benzene rings is 1. The Morgan fingerprint density at radius 2 is 1.95 bits per heavy atom. The summed E-state index contributed by atoms with van der Waals surface area (Å²) in [6, 6.07) is 7.35. The number of carbonyl (C=O) groups is 1. The number of ether oxygens (including phenoxy) is 1.